The van der Waals surface area contributed by atoms with Crippen molar-refractivity contribution in [2.45, 2.75) is 110 Å². The van der Waals surface area contributed by atoms with Gasteiger partial charge in [0.15, 0.2) is 0 Å². The standard InChI is InChI=1S/C25H46N2/c1-16(8-9-17(2)26)19-10-11-20-23-21(12-14-25(19,20)4)24(3)13-6-5-7-18(24)15-22(23)27/h16-23H,5-15,26-27H2,1-4H3. The first-order chi connectivity index (χ1) is 12.8. The Kier molecular flexibility index (Phi) is 5.47. The number of hydrogen-bond donors (Lipinski definition) is 2. The second-order valence-corrected chi connectivity index (χ2v) is 11.9. The average molecular weight is 375 g/mol. The minimum Gasteiger partial charge on any atom is -0.328 e. The highest BCUT2D eigenvalue weighted by atomic mass is 14.8. The molecule has 27 heavy (non-hydrogen) atoms. The zero-order chi connectivity index (χ0) is 19.4. The number of rotatable bonds is 4. The molecule has 0 aromatic rings. The van der Waals surface area contributed by atoms with E-state index in [1.807, 2.05) is 0 Å². The number of hydrogen-bond acceptors (Lipinski definition) is 2. The van der Waals surface area contributed by atoms with Crippen LogP contribution in [-0.2, 0) is 0 Å². The van der Waals surface area contributed by atoms with Gasteiger partial charge < -0.3 is 11.5 Å². The van der Waals surface area contributed by atoms with Crippen LogP contribution in [0.15, 0.2) is 0 Å². The lowest BCUT2D eigenvalue weighted by atomic mass is 9.43. The summed E-state index contributed by atoms with van der Waals surface area (Å²) in [6, 6.07) is 0.817. The highest BCUT2D eigenvalue weighted by Gasteiger charge is 2.61. The van der Waals surface area contributed by atoms with Crippen LogP contribution in [0.1, 0.15) is 98.3 Å². The Morgan fingerprint density at radius 3 is 2.37 bits per heavy atom. The molecule has 4 aliphatic rings. The van der Waals surface area contributed by atoms with Gasteiger partial charge >= 0.3 is 0 Å². The fourth-order valence-electron chi connectivity index (χ4n) is 9.05. The third kappa shape index (κ3) is 3.21. The molecule has 10 unspecified atom stereocenters. The molecule has 0 saturated heterocycles. The van der Waals surface area contributed by atoms with Crippen LogP contribution in [0.5, 0.6) is 0 Å². The van der Waals surface area contributed by atoms with Crippen molar-refractivity contribution in [2.75, 3.05) is 0 Å². The highest BCUT2D eigenvalue weighted by molar-refractivity contribution is 5.12. The van der Waals surface area contributed by atoms with Crippen molar-refractivity contribution in [3.8, 4) is 0 Å². The van der Waals surface area contributed by atoms with Crippen LogP contribution < -0.4 is 11.5 Å². The maximum Gasteiger partial charge on any atom is 0.00757 e. The molecular weight excluding hydrogens is 328 g/mol. The van der Waals surface area contributed by atoms with Crippen molar-refractivity contribution in [3.63, 3.8) is 0 Å². The lowest BCUT2D eigenvalue weighted by molar-refractivity contribution is -0.122. The van der Waals surface area contributed by atoms with Crippen LogP contribution in [0.2, 0.25) is 0 Å². The van der Waals surface area contributed by atoms with Crippen molar-refractivity contribution in [2.24, 2.45) is 57.8 Å². The Bertz CT molecular complexity index is 530. The highest BCUT2D eigenvalue weighted by Crippen LogP contribution is 2.68. The third-order valence-corrected chi connectivity index (χ3v) is 10.5. The van der Waals surface area contributed by atoms with Gasteiger partial charge in [-0.3, -0.25) is 0 Å². The first-order valence-electron chi connectivity index (χ1n) is 12.3. The smallest absolute Gasteiger partial charge is 0.00757 e. The van der Waals surface area contributed by atoms with Crippen molar-refractivity contribution in [1.82, 2.24) is 0 Å². The summed E-state index contributed by atoms with van der Waals surface area (Å²) in [4.78, 5) is 0. The van der Waals surface area contributed by atoms with Gasteiger partial charge in [-0.15, -0.1) is 0 Å². The minimum absolute atomic E-state index is 0.350. The predicted octanol–water partition coefficient (Wildman–Crippen LogP) is 5.74. The van der Waals surface area contributed by atoms with Gasteiger partial charge in [-0.25, -0.2) is 0 Å². The third-order valence-electron chi connectivity index (χ3n) is 10.5. The van der Waals surface area contributed by atoms with Gasteiger partial charge in [0.1, 0.15) is 0 Å². The average Bonchev–Trinajstić information content (AvgIpc) is 2.97. The topological polar surface area (TPSA) is 52.0 Å². The van der Waals surface area contributed by atoms with Gasteiger partial charge in [-0.1, -0.05) is 33.6 Å². The summed E-state index contributed by atoms with van der Waals surface area (Å²) in [6.45, 7) is 10.0. The van der Waals surface area contributed by atoms with E-state index < -0.39 is 0 Å². The first kappa shape index (κ1) is 20.2. The second kappa shape index (κ2) is 7.31. The molecular formula is C25H46N2. The Morgan fingerprint density at radius 2 is 1.63 bits per heavy atom. The zero-order valence-corrected chi connectivity index (χ0v) is 18.6. The lowest BCUT2D eigenvalue weighted by Crippen LogP contribution is -2.59. The van der Waals surface area contributed by atoms with Gasteiger partial charge in [0, 0.05) is 12.1 Å². The number of fused-ring (bicyclic) bond motifs is 5. The van der Waals surface area contributed by atoms with Crippen LogP contribution in [0.4, 0.5) is 0 Å². The van der Waals surface area contributed by atoms with E-state index >= 15 is 0 Å². The molecule has 4 N–H and O–H groups in total. The maximum absolute atomic E-state index is 6.97. The summed E-state index contributed by atoms with van der Waals surface area (Å²) >= 11 is 0. The van der Waals surface area contributed by atoms with E-state index in [0.29, 0.717) is 22.9 Å². The molecule has 156 valence electrons. The van der Waals surface area contributed by atoms with Crippen molar-refractivity contribution >= 4 is 0 Å². The predicted molar refractivity (Wildman–Crippen MR) is 115 cm³/mol. The molecule has 0 amide bonds. The van der Waals surface area contributed by atoms with E-state index in [1.165, 1.54) is 70.6 Å². The maximum atomic E-state index is 6.97. The Labute approximate surface area is 168 Å². The molecule has 0 bridgehead atoms. The second-order valence-electron chi connectivity index (χ2n) is 11.9. The fraction of sp³-hybridized carbons (Fsp3) is 1.00. The van der Waals surface area contributed by atoms with E-state index in [9.17, 15) is 0 Å². The Hall–Kier alpha value is -0.0800. The van der Waals surface area contributed by atoms with E-state index in [-0.39, 0.29) is 0 Å². The van der Waals surface area contributed by atoms with Gasteiger partial charge in [0.2, 0.25) is 0 Å². The van der Waals surface area contributed by atoms with Gasteiger partial charge in [0.25, 0.3) is 0 Å². The monoisotopic (exact) mass is 374 g/mol. The molecule has 10 atom stereocenters. The van der Waals surface area contributed by atoms with E-state index in [0.717, 1.165) is 35.5 Å². The molecule has 0 heterocycles. The van der Waals surface area contributed by atoms with Crippen LogP contribution in [0.25, 0.3) is 0 Å². The van der Waals surface area contributed by atoms with Crippen LogP contribution >= 0.6 is 0 Å². The van der Waals surface area contributed by atoms with E-state index in [1.54, 1.807) is 0 Å². The van der Waals surface area contributed by atoms with Crippen LogP contribution in [-0.4, -0.2) is 12.1 Å². The lowest BCUT2D eigenvalue weighted by Gasteiger charge is -2.62. The number of nitrogens with two attached hydrogens (primary N) is 2. The summed E-state index contributed by atoms with van der Waals surface area (Å²) in [7, 11) is 0. The SMILES string of the molecule is CC(N)CCC(C)C1CCC2C3C(N)CC4CCCCC4(C)C3CCC12C. The first-order valence-corrected chi connectivity index (χ1v) is 12.3. The van der Waals surface area contributed by atoms with Crippen molar-refractivity contribution in [3.05, 3.63) is 0 Å². The molecule has 0 spiro atoms. The molecule has 0 aromatic heterocycles. The molecule has 0 aromatic carbocycles. The molecule has 4 rings (SSSR count). The normalized spacial score (nSPS) is 51.8. The summed E-state index contributed by atoms with van der Waals surface area (Å²) in [5, 5.41) is 0. The molecule has 2 heteroatoms. The minimum atomic E-state index is 0.350. The van der Waals surface area contributed by atoms with E-state index in [4.69, 9.17) is 11.5 Å². The summed E-state index contributed by atoms with van der Waals surface area (Å²) in [5.41, 5.74) is 14.2. The summed E-state index contributed by atoms with van der Waals surface area (Å²) in [5.74, 6) is 5.21. The van der Waals surface area contributed by atoms with Gasteiger partial charge in [0.05, 0.1) is 0 Å². The largest absolute Gasteiger partial charge is 0.328 e. The molecule has 2 nitrogen and oxygen atoms in total. The fourth-order valence-corrected chi connectivity index (χ4v) is 9.05. The van der Waals surface area contributed by atoms with Crippen LogP contribution in [0.3, 0.4) is 0 Å². The van der Waals surface area contributed by atoms with Crippen molar-refractivity contribution < 1.29 is 0 Å². The quantitative estimate of drug-likeness (QED) is 0.659. The van der Waals surface area contributed by atoms with Crippen molar-refractivity contribution in [1.29, 1.82) is 0 Å². The zero-order valence-electron chi connectivity index (χ0n) is 18.6. The van der Waals surface area contributed by atoms with Crippen LogP contribution in [0, 0.1) is 46.3 Å². The Morgan fingerprint density at radius 1 is 0.889 bits per heavy atom. The molecule has 4 aliphatic carbocycles. The summed E-state index contributed by atoms with van der Waals surface area (Å²) in [6.07, 6.45) is 15.4. The van der Waals surface area contributed by atoms with Gasteiger partial charge in [-0.2, -0.15) is 0 Å². The molecule has 0 aliphatic heterocycles. The molecule has 0 radical (unpaired) electrons. The molecule has 4 fully saturated rings. The summed E-state index contributed by atoms with van der Waals surface area (Å²) < 4.78 is 0. The Balaban J connectivity index is 1.55. The van der Waals surface area contributed by atoms with Gasteiger partial charge in [-0.05, 0) is 111 Å². The molecule has 4 saturated carbocycles. The van der Waals surface area contributed by atoms with E-state index in [2.05, 4.69) is 27.7 Å².